The van der Waals surface area contributed by atoms with E-state index in [2.05, 4.69) is 12.2 Å². The number of hydrogen-bond acceptors (Lipinski definition) is 5. The average Bonchev–Trinajstić information content (AvgIpc) is 3.04. The second-order valence-electron chi connectivity index (χ2n) is 4.88. The minimum absolute atomic E-state index is 0.260. The Morgan fingerprint density at radius 1 is 1.37 bits per heavy atom. The summed E-state index contributed by atoms with van der Waals surface area (Å²) in [5.41, 5.74) is 1.13. The van der Waals surface area contributed by atoms with Crippen LogP contribution in [0.5, 0.6) is 17.2 Å². The minimum Gasteiger partial charge on any atom is -0.493 e. The summed E-state index contributed by atoms with van der Waals surface area (Å²) < 4.78 is 21.7. The molecule has 0 aliphatic carbocycles. The van der Waals surface area contributed by atoms with Gasteiger partial charge in [0.1, 0.15) is 0 Å². The summed E-state index contributed by atoms with van der Waals surface area (Å²) in [6.07, 6.45) is 1.33. The lowest BCUT2D eigenvalue weighted by Crippen LogP contribution is -2.34. The van der Waals surface area contributed by atoms with Crippen LogP contribution in [0, 0.1) is 0 Å². The molecule has 2 atom stereocenters. The molecule has 1 saturated heterocycles. The molecule has 0 amide bonds. The molecule has 0 radical (unpaired) electrons. The van der Waals surface area contributed by atoms with Crippen molar-refractivity contribution < 1.29 is 18.9 Å². The van der Waals surface area contributed by atoms with Crippen LogP contribution in [0.3, 0.4) is 0 Å². The van der Waals surface area contributed by atoms with E-state index in [4.69, 9.17) is 18.9 Å². The van der Waals surface area contributed by atoms with Gasteiger partial charge >= 0.3 is 0 Å². The number of ether oxygens (including phenoxy) is 4. The number of fused-ring (bicyclic) bond motifs is 1. The number of nitrogens with one attached hydrogen (secondary N) is 1. The summed E-state index contributed by atoms with van der Waals surface area (Å²) in [6.45, 7) is 3.97. The van der Waals surface area contributed by atoms with E-state index in [0.29, 0.717) is 11.8 Å². The van der Waals surface area contributed by atoms with Crippen LogP contribution in [0.25, 0.3) is 0 Å². The largest absolute Gasteiger partial charge is 0.493 e. The SMILES string of the molecule is COc1cc(CNC2CCOC2C)cc2c1OCO2. The first-order chi connectivity index (χ1) is 9.28. The van der Waals surface area contributed by atoms with Gasteiger partial charge in [0.2, 0.25) is 12.5 Å². The lowest BCUT2D eigenvalue weighted by atomic mass is 10.1. The van der Waals surface area contributed by atoms with Gasteiger partial charge in [-0.3, -0.25) is 0 Å². The molecule has 2 aliphatic rings. The highest BCUT2D eigenvalue weighted by molar-refractivity contribution is 5.55. The standard InChI is InChI=1S/C14H19NO4/c1-9-11(3-4-17-9)15-7-10-5-12(16-2)14-13(6-10)18-8-19-14/h5-6,9,11,15H,3-4,7-8H2,1-2H3. The fraction of sp³-hybridized carbons (Fsp3) is 0.571. The van der Waals surface area contributed by atoms with Gasteiger partial charge in [0.05, 0.1) is 13.2 Å². The van der Waals surface area contributed by atoms with Crippen LogP contribution >= 0.6 is 0 Å². The third kappa shape index (κ3) is 2.48. The van der Waals surface area contributed by atoms with Crippen molar-refractivity contribution in [3.63, 3.8) is 0 Å². The van der Waals surface area contributed by atoms with E-state index in [9.17, 15) is 0 Å². The Balaban J connectivity index is 1.71. The van der Waals surface area contributed by atoms with E-state index in [1.165, 1.54) is 0 Å². The number of hydrogen-bond donors (Lipinski definition) is 1. The molecule has 2 heterocycles. The number of benzene rings is 1. The van der Waals surface area contributed by atoms with Crippen molar-refractivity contribution in [1.29, 1.82) is 0 Å². The minimum atomic E-state index is 0.260. The highest BCUT2D eigenvalue weighted by atomic mass is 16.7. The summed E-state index contributed by atoms with van der Waals surface area (Å²) in [7, 11) is 1.64. The Hall–Kier alpha value is -1.46. The van der Waals surface area contributed by atoms with Gasteiger partial charge < -0.3 is 24.3 Å². The quantitative estimate of drug-likeness (QED) is 0.897. The molecular formula is C14H19NO4. The summed E-state index contributed by atoms with van der Waals surface area (Å²) in [4.78, 5) is 0. The van der Waals surface area contributed by atoms with Crippen LogP contribution in [0.15, 0.2) is 12.1 Å². The Morgan fingerprint density at radius 3 is 3.00 bits per heavy atom. The van der Waals surface area contributed by atoms with Gasteiger partial charge in [-0.15, -0.1) is 0 Å². The first kappa shape index (κ1) is 12.6. The third-order valence-corrected chi connectivity index (χ3v) is 3.66. The molecule has 0 bridgehead atoms. The zero-order valence-electron chi connectivity index (χ0n) is 11.3. The molecule has 5 heteroatoms. The highest BCUT2D eigenvalue weighted by Gasteiger charge is 2.24. The van der Waals surface area contributed by atoms with Crippen LogP contribution in [0.4, 0.5) is 0 Å². The van der Waals surface area contributed by atoms with Crippen molar-refractivity contribution in [2.75, 3.05) is 20.5 Å². The van der Waals surface area contributed by atoms with Crippen molar-refractivity contribution in [1.82, 2.24) is 5.32 Å². The predicted octanol–water partition coefficient (Wildman–Crippen LogP) is 1.69. The second-order valence-corrected chi connectivity index (χ2v) is 4.88. The molecule has 19 heavy (non-hydrogen) atoms. The summed E-state index contributed by atoms with van der Waals surface area (Å²) >= 11 is 0. The monoisotopic (exact) mass is 265 g/mol. The van der Waals surface area contributed by atoms with E-state index >= 15 is 0 Å². The van der Waals surface area contributed by atoms with Crippen molar-refractivity contribution in [3.05, 3.63) is 17.7 Å². The molecule has 1 aromatic rings. The maximum atomic E-state index is 5.54. The van der Waals surface area contributed by atoms with Gasteiger partial charge in [-0.05, 0) is 31.0 Å². The van der Waals surface area contributed by atoms with Crippen molar-refractivity contribution >= 4 is 0 Å². The molecule has 1 aromatic carbocycles. The zero-order chi connectivity index (χ0) is 13.2. The molecule has 5 nitrogen and oxygen atoms in total. The van der Waals surface area contributed by atoms with E-state index in [1.807, 2.05) is 12.1 Å². The van der Waals surface area contributed by atoms with Crippen LogP contribution in [-0.2, 0) is 11.3 Å². The number of methoxy groups -OCH3 is 1. The Labute approximate surface area is 112 Å². The van der Waals surface area contributed by atoms with Gasteiger partial charge in [0.25, 0.3) is 0 Å². The first-order valence-corrected chi connectivity index (χ1v) is 6.59. The van der Waals surface area contributed by atoms with Crippen LogP contribution < -0.4 is 19.5 Å². The molecule has 2 aliphatic heterocycles. The summed E-state index contributed by atoms with van der Waals surface area (Å²) in [6, 6.07) is 4.40. The van der Waals surface area contributed by atoms with E-state index in [-0.39, 0.29) is 12.9 Å². The highest BCUT2D eigenvalue weighted by Crippen LogP contribution is 2.41. The molecule has 1 N–H and O–H groups in total. The van der Waals surface area contributed by atoms with Crippen LogP contribution in [-0.4, -0.2) is 32.7 Å². The van der Waals surface area contributed by atoms with Crippen LogP contribution in [0.2, 0.25) is 0 Å². The molecule has 104 valence electrons. The average molecular weight is 265 g/mol. The molecule has 2 unspecified atom stereocenters. The summed E-state index contributed by atoms with van der Waals surface area (Å²) in [5.74, 6) is 2.18. The normalized spacial score (nSPS) is 24.7. The maximum Gasteiger partial charge on any atom is 0.231 e. The molecule has 0 saturated carbocycles. The van der Waals surface area contributed by atoms with Gasteiger partial charge in [-0.25, -0.2) is 0 Å². The molecule has 0 aromatic heterocycles. The Morgan fingerprint density at radius 2 is 2.26 bits per heavy atom. The first-order valence-electron chi connectivity index (χ1n) is 6.59. The van der Waals surface area contributed by atoms with Gasteiger partial charge in [-0.1, -0.05) is 0 Å². The molecular weight excluding hydrogens is 246 g/mol. The predicted molar refractivity (Wildman–Crippen MR) is 69.8 cm³/mol. The Bertz CT molecular complexity index is 463. The van der Waals surface area contributed by atoms with Crippen molar-refractivity contribution in [2.24, 2.45) is 0 Å². The Kier molecular flexibility index (Phi) is 3.48. The molecule has 1 fully saturated rings. The summed E-state index contributed by atoms with van der Waals surface area (Å²) in [5, 5.41) is 3.51. The van der Waals surface area contributed by atoms with Crippen molar-refractivity contribution in [3.8, 4) is 17.2 Å². The topological polar surface area (TPSA) is 49.0 Å². The van der Waals surface area contributed by atoms with Crippen molar-refractivity contribution in [2.45, 2.75) is 32.0 Å². The molecule has 0 spiro atoms. The van der Waals surface area contributed by atoms with Crippen LogP contribution in [0.1, 0.15) is 18.9 Å². The van der Waals surface area contributed by atoms with Gasteiger partial charge in [0.15, 0.2) is 11.5 Å². The third-order valence-electron chi connectivity index (χ3n) is 3.66. The molecule has 3 rings (SSSR count). The van der Waals surface area contributed by atoms with Gasteiger partial charge in [-0.2, -0.15) is 0 Å². The lowest BCUT2D eigenvalue weighted by molar-refractivity contribution is 0.113. The zero-order valence-corrected chi connectivity index (χ0v) is 11.3. The van der Waals surface area contributed by atoms with Gasteiger partial charge in [0, 0.05) is 19.2 Å². The number of rotatable bonds is 4. The fourth-order valence-electron chi connectivity index (χ4n) is 2.53. The lowest BCUT2D eigenvalue weighted by Gasteiger charge is -2.16. The van der Waals surface area contributed by atoms with E-state index < -0.39 is 0 Å². The van der Waals surface area contributed by atoms with E-state index in [1.54, 1.807) is 7.11 Å². The second kappa shape index (κ2) is 5.27. The smallest absolute Gasteiger partial charge is 0.231 e. The van der Waals surface area contributed by atoms with E-state index in [0.717, 1.165) is 36.6 Å². The maximum absolute atomic E-state index is 5.54. The fourth-order valence-corrected chi connectivity index (χ4v) is 2.53.